The van der Waals surface area contributed by atoms with E-state index in [1.54, 1.807) is 54.7 Å². The smallest absolute Gasteiger partial charge is 0.282 e. The van der Waals surface area contributed by atoms with Crippen molar-refractivity contribution in [3.63, 3.8) is 0 Å². The van der Waals surface area contributed by atoms with Crippen LogP contribution in [0, 0.1) is 0 Å². The number of rotatable bonds is 9. The van der Waals surface area contributed by atoms with Crippen LogP contribution in [-0.4, -0.2) is 28.4 Å². The molecule has 0 bridgehead atoms. The molecule has 0 aliphatic carbocycles. The van der Waals surface area contributed by atoms with Crippen molar-refractivity contribution in [1.82, 2.24) is 9.66 Å². The third kappa shape index (κ3) is 7.06. The van der Waals surface area contributed by atoms with E-state index in [4.69, 9.17) is 16.3 Å². The van der Waals surface area contributed by atoms with E-state index in [0.29, 0.717) is 44.1 Å². The van der Waals surface area contributed by atoms with Crippen LogP contribution < -0.4 is 15.6 Å². The molecular formula is C27H23Br2ClN4O3. The van der Waals surface area contributed by atoms with E-state index in [-0.39, 0.29) is 18.1 Å². The topological polar surface area (TPSA) is 85.6 Å². The van der Waals surface area contributed by atoms with Crippen molar-refractivity contribution >= 4 is 72.2 Å². The third-order valence-corrected chi connectivity index (χ3v) is 6.76. The van der Waals surface area contributed by atoms with E-state index < -0.39 is 0 Å². The first-order valence-corrected chi connectivity index (χ1v) is 13.5. The van der Waals surface area contributed by atoms with E-state index in [9.17, 15) is 9.59 Å². The summed E-state index contributed by atoms with van der Waals surface area (Å²) in [5.74, 6) is 0.819. The van der Waals surface area contributed by atoms with Gasteiger partial charge in [0.1, 0.15) is 11.6 Å². The molecule has 0 aliphatic heterocycles. The Morgan fingerprint density at radius 2 is 1.92 bits per heavy atom. The number of benzene rings is 3. The van der Waals surface area contributed by atoms with Crippen LogP contribution in [0.1, 0.15) is 31.2 Å². The fourth-order valence-electron chi connectivity index (χ4n) is 3.52. The monoisotopic (exact) mass is 644 g/mol. The lowest BCUT2D eigenvalue weighted by Gasteiger charge is -2.10. The summed E-state index contributed by atoms with van der Waals surface area (Å²) in [6, 6.07) is 17.6. The van der Waals surface area contributed by atoms with Crippen LogP contribution in [0.25, 0.3) is 10.9 Å². The lowest BCUT2D eigenvalue weighted by atomic mass is 10.2. The lowest BCUT2D eigenvalue weighted by Crippen LogP contribution is -2.22. The average Bonchev–Trinajstić information content (AvgIpc) is 2.88. The van der Waals surface area contributed by atoms with Crippen LogP contribution in [0.2, 0.25) is 5.02 Å². The van der Waals surface area contributed by atoms with Gasteiger partial charge in [-0.2, -0.15) is 9.78 Å². The highest BCUT2D eigenvalue weighted by atomic mass is 79.9. The summed E-state index contributed by atoms with van der Waals surface area (Å²) in [5, 5.41) is 8.31. The Kier molecular flexibility index (Phi) is 9.13. The van der Waals surface area contributed by atoms with E-state index in [0.717, 1.165) is 22.9 Å². The van der Waals surface area contributed by atoms with Crippen LogP contribution in [0.15, 0.2) is 79.5 Å². The number of nitrogens with zero attached hydrogens (tertiary/aromatic N) is 3. The van der Waals surface area contributed by atoms with Crippen molar-refractivity contribution in [2.24, 2.45) is 5.10 Å². The first kappa shape index (κ1) is 27.0. The second kappa shape index (κ2) is 12.5. The molecule has 0 aliphatic rings. The number of hydrogen-bond acceptors (Lipinski definition) is 5. The predicted molar refractivity (Wildman–Crippen MR) is 155 cm³/mol. The van der Waals surface area contributed by atoms with E-state index in [1.165, 1.54) is 4.68 Å². The number of ether oxygens (including phenoxy) is 1. The number of carbonyl (C=O) groups is 1. The van der Waals surface area contributed by atoms with Crippen molar-refractivity contribution in [3.8, 4) is 5.75 Å². The molecule has 4 rings (SSSR count). The number of carbonyl (C=O) groups excluding carboxylic acids is 1. The predicted octanol–water partition coefficient (Wildman–Crippen LogP) is 6.82. The van der Waals surface area contributed by atoms with Crippen LogP contribution in [0.3, 0.4) is 0 Å². The molecule has 1 heterocycles. The molecule has 0 fully saturated rings. The number of halogens is 3. The SMILES string of the molecule is CCCCc1nc2ccc(Br)cc2c(=O)n1N=Cc1ccc(OCC(=O)Nc2ccc(Cl)cc2)c(Br)c1. The molecule has 7 nitrogen and oxygen atoms in total. The standard InChI is InChI=1S/C27H23Br2ClN4O3/c1-2-3-4-25-33-23-11-6-18(28)14-21(23)27(36)34(25)31-15-17-5-12-24(22(29)13-17)37-16-26(35)32-20-9-7-19(30)8-10-20/h5-15H,2-4,16H2,1H3,(H,32,35). The molecule has 1 N–H and O–H groups in total. The molecule has 0 unspecified atom stereocenters. The second-order valence-electron chi connectivity index (χ2n) is 8.19. The summed E-state index contributed by atoms with van der Waals surface area (Å²) in [4.78, 5) is 30.1. The molecule has 0 radical (unpaired) electrons. The molecule has 0 saturated heterocycles. The minimum absolute atomic E-state index is 0.164. The van der Waals surface area contributed by atoms with Crippen molar-refractivity contribution < 1.29 is 9.53 Å². The average molecular weight is 647 g/mol. The Hall–Kier alpha value is -3.01. The van der Waals surface area contributed by atoms with Gasteiger partial charge in [-0.15, -0.1) is 0 Å². The fourth-order valence-corrected chi connectivity index (χ4v) is 4.52. The normalized spacial score (nSPS) is 11.2. The summed E-state index contributed by atoms with van der Waals surface area (Å²) in [6.07, 6.45) is 4.12. The largest absolute Gasteiger partial charge is 0.483 e. The van der Waals surface area contributed by atoms with Crippen molar-refractivity contribution in [2.75, 3.05) is 11.9 Å². The first-order chi connectivity index (χ1) is 17.8. The highest BCUT2D eigenvalue weighted by molar-refractivity contribution is 9.10. The van der Waals surface area contributed by atoms with E-state index in [2.05, 4.69) is 54.2 Å². The maximum Gasteiger partial charge on any atom is 0.282 e. The van der Waals surface area contributed by atoms with Gasteiger partial charge in [0.05, 0.1) is 21.6 Å². The maximum absolute atomic E-state index is 13.2. The Morgan fingerprint density at radius 3 is 2.65 bits per heavy atom. The first-order valence-electron chi connectivity index (χ1n) is 11.6. The molecule has 0 atom stereocenters. The van der Waals surface area contributed by atoms with Gasteiger partial charge < -0.3 is 10.1 Å². The summed E-state index contributed by atoms with van der Waals surface area (Å²) in [5.41, 5.74) is 1.80. The molecule has 1 amide bonds. The lowest BCUT2D eigenvalue weighted by molar-refractivity contribution is -0.118. The van der Waals surface area contributed by atoms with Crippen molar-refractivity contribution in [1.29, 1.82) is 0 Å². The Balaban J connectivity index is 1.50. The summed E-state index contributed by atoms with van der Waals surface area (Å²) in [6.45, 7) is 1.93. The number of nitrogens with one attached hydrogen (secondary N) is 1. The van der Waals surface area contributed by atoms with Gasteiger partial charge in [0.15, 0.2) is 6.61 Å². The molecule has 1 aromatic heterocycles. The highest BCUT2D eigenvalue weighted by Crippen LogP contribution is 2.26. The molecule has 0 saturated carbocycles. The fraction of sp³-hybridized carbons (Fsp3) is 0.185. The molecule has 3 aromatic carbocycles. The number of amides is 1. The van der Waals surface area contributed by atoms with E-state index in [1.807, 2.05) is 12.1 Å². The maximum atomic E-state index is 13.2. The highest BCUT2D eigenvalue weighted by Gasteiger charge is 2.11. The van der Waals surface area contributed by atoms with Gasteiger partial charge in [-0.3, -0.25) is 9.59 Å². The van der Waals surface area contributed by atoms with Gasteiger partial charge in [-0.1, -0.05) is 40.9 Å². The van der Waals surface area contributed by atoms with Crippen molar-refractivity contribution in [3.05, 3.63) is 96.4 Å². The van der Waals surface area contributed by atoms with Gasteiger partial charge in [-0.25, -0.2) is 4.98 Å². The Labute approximate surface area is 235 Å². The molecule has 0 spiro atoms. The third-order valence-electron chi connectivity index (χ3n) is 5.39. The van der Waals surface area contributed by atoms with Gasteiger partial charge in [0.2, 0.25) is 0 Å². The number of unbranched alkanes of at least 4 members (excludes halogenated alkanes) is 1. The van der Waals surface area contributed by atoms with Crippen LogP contribution in [-0.2, 0) is 11.2 Å². The van der Waals surface area contributed by atoms with E-state index >= 15 is 0 Å². The number of anilines is 1. The molecule has 37 heavy (non-hydrogen) atoms. The van der Waals surface area contributed by atoms with Gasteiger partial charge in [0.25, 0.3) is 11.5 Å². The van der Waals surface area contributed by atoms with Gasteiger partial charge in [0, 0.05) is 21.6 Å². The Bertz CT molecular complexity index is 1520. The zero-order valence-corrected chi connectivity index (χ0v) is 23.8. The van der Waals surface area contributed by atoms with Gasteiger partial charge >= 0.3 is 0 Å². The Morgan fingerprint density at radius 1 is 1.14 bits per heavy atom. The van der Waals surface area contributed by atoms with Gasteiger partial charge in [-0.05, 0) is 88.6 Å². The summed E-state index contributed by atoms with van der Waals surface area (Å²) < 4.78 is 8.47. The zero-order valence-electron chi connectivity index (χ0n) is 19.9. The van der Waals surface area contributed by atoms with Crippen LogP contribution in [0.5, 0.6) is 5.75 Å². The molecule has 190 valence electrons. The number of fused-ring (bicyclic) bond motifs is 1. The van der Waals surface area contributed by atoms with Crippen LogP contribution in [0.4, 0.5) is 5.69 Å². The second-order valence-corrected chi connectivity index (χ2v) is 10.4. The number of aromatic nitrogens is 2. The number of aryl methyl sites for hydroxylation is 1. The zero-order chi connectivity index (χ0) is 26.4. The quantitative estimate of drug-likeness (QED) is 0.202. The molecule has 4 aromatic rings. The minimum atomic E-state index is -0.297. The minimum Gasteiger partial charge on any atom is -0.483 e. The number of hydrogen-bond donors (Lipinski definition) is 1. The van der Waals surface area contributed by atoms with Crippen molar-refractivity contribution in [2.45, 2.75) is 26.2 Å². The molecular weight excluding hydrogens is 624 g/mol. The summed E-state index contributed by atoms with van der Waals surface area (Å²) >= 11 is 12.8. The van der Waals surface area contributed by atoms with Crippen LogP contribution >= 0.6 is 43.5 Å². The molecule has 10 heteroatoms. The summed E-state index contributed by atoms with van der Waals surface area (Å²) in [7, 11) is 0.